The molecular formula is C14H14BrN3O2. The van der Waals surface area contributed by atoms with Crippen LogP contribution in [0.2, 0.25) is 0 Å². The summed E-state index contributed by atoms with van der Waals surface area (Å²) in [7, 11) is 1.66. The van der Waals surface area contributed by atoms with Crippen LogP contribution in [0, 0.1) is 17.0 Å². The number of hydrogen-bond donors (Lipinski definition) is 2. The zero-order chi connectivity index (χ0) is 14.7. The van der Waals surface area contributed by atoms with Gasteiger partial charge in [0.25, 0.3) is 0 Å². The first-order valence-electron chi connectivity index (χ1n) is 6.01. The predicted molar refractivity (Wildman–Crippen MR) is 84.8 cm³/mol. The molecule has 5 nitrogen and oxygen atoms in total. The monoisotopic (exact) mass is 335 g/mol. The topological polar surface area (TPSA) is 67.2 Å². The average Bonchev–Trinajstić information content (AvgIpc) is 2.42. The highest BCUT2D eigenvalue weighted by Crippen LogP contribution is 2.36. The van der Waals surface area contributed by atoms with Crippen LogP contribution in [0.4, 0.5) is 22.7 Å². The average molecular weight is 336 g/mol. The molecule has 0 atom stereocenters. The Kier molecular flexibility index (Phi) is 4.24. The van der Waals surface area contributed by atoms with Crippen molar-refractivity contribution in [3.63, 3.8) is 0 Å². The van der Waals surface area contributed by atoms with Crippen LogP contribution in [-0.4, -0.2) is 12.0 Å². The number of rotatable bonds is 4. The number of para-hydroxylation sites is 1. The second-order valence-electron chi connectivity index (χ2n) is 4.32. The van der Waals surface area contributed by atoms with E-state index in [9.17, 15) is 10.1 Å². The summed E-state index contributed by atoms with van der Waals surface area (Å²) in [5.74, 6) is 0. The predicted octanol–water partition coefficient (Wildman–Crippen LogP) is 4.45. The lowest BCUT2D eigenvalue weighted by Crippen LogP contribution is -2.01. The molecule has 0 saturated heterocycles. The first kappa shape index (κ1) is 14.3. The highest BCUT2D eigenvalue weighted by atomic mass is 79.9. The first-order valence-corrected chi connectivity index (χ1v) is 6.80. The summed E-state index contributed by atoms with van der Waals surface area (Å²) in [6.07, 6.45) is 0. The van der Waals surface area contributed by atoms with Crippen molar-refractivity contribution in [2.45, 2.75) is 6.92 Å². The molecule has 2 rings (SSSR count). The van der Waals surface area contributed by atoms with Crippen LogP contribution in [0.25, 0.3) is 0 Å². The Morgan fingerprint density at radius 1 is 1.15 bits per heavy atom. The highest BCUT2D eigenvalue weighted by molar-refractivity contribution is 9.10. The van der Waals surface area contributed by atoms with Crippen LogP contribution in [0.15, 0.2) is 40.9 Å². The van der Waals surface area contributed by atoms with Gasteiger partial charge in [-0.1, -0.05) is 12.1 Å². The summed E-state index contributed by atoms with van der Waals surface area (Å²) in [6.45, 7) is 1.97. The quantitative estimate of drug-likeness (QED) is 0.639. The van der Waals surface area contributed by atoms with Crippen molar-refractivity contribution in [1.82, 2.24) is 0 Å². The van der Waals surface area contributed by atoms with Gasteiger partial charge < -0.3 is 10.6 Å². The van der Waals surface area contributed by atoms with Crippen LogP contribution >= 0.6 is 15.9 Å². The Morgan fingerprint density at radius 3 is 2.50 bits per heavy atom. The fourth-order valence-corrected chi connectivity index (χ4v) is 2.27. The summed E-state index contributed by atoms with van der Waals surface area (Å²) in [4.78, 5) is 10.9. The number of hydrogen-bond acceptors (Lipinski definition) is 4. The third-order valence-corrected chi connectivity index (χ3v) is 3.57. The van der Waals surface area contributed by atoms with E-state index in [4.69, 9.17) is 0 Å². The number of aryl methyl sites for hydroxylation is 1. The van der Waals surface area contributed by atoms with E-state index < -0.39 is 4.92 Å². The van der Waals surface area contributed by atoms with Crippen molar-refractivity contribution in [2.75, 3.05) is 17.7 Å². The molecule has 0 fully saturated rings. The highest BCUT2D eigenvalue weighted by Gasteiger charge is 2.19. The van der Waals surface area contributed by atoms with E-state index in [1.807, 2.05) is 25.1 Å². The number of halogens is 1. The molecule has 2 aromatic rings. The molecule has 0 radical (unpaired) electrons. The standard InChI is InChI=1S/C14H14BrN3O2/c1-9-6-7-10(15)13(8-9)17-12-5-3-4-11(16-2)14(12)18(19)20/h3-8,16-17H,1-2H3. The lowest BCUT2D eigenvalue weighted by Gasteiger charge is -2.12. The molecule has 2 aromatic carbocycles. The van der Waals surface area contributed by atoms with Crippen molar-refractivity contribution in [3.8, 4) is 0 Å². The maximum absolute atomic E-state index is 11.3. The van der Waals surface area contributed by atoms with E-state index in [2.05, 4.69) is 26.6 Å². The molecule has 0 aromatic heterocycles. The van der Waals surface area contributed by atoms with E-state index in [0.717, 1.165) is 15.7 Å². The molecular weight excluding hydrogens is 322 g/mol. The second kappa shape index (κ2) is 5.92. The van der Waals surface area contributed by atoms with Gasteiger partial charge in [0.05, 0.1) is 10.6 Å². The maximum Gasteiger partial charge on any atom is 0.315 e. The number of nitro benzene ring substituents is 1. The number of anilines is 3. The minimum absolute atomic E-state index is 0.0309. The molecule has 2 N–H and O–H groups in total. The van der Waals surface area contributed by atoms with E-state index >= 15 is 0 Å². The summed E-state index contributed by atoms with van der Waals surface area (Å²) >= 11 is 3.44. The van der Waals surface area contributed by atoms with Crippen LogP contribution in [-0.2, 0) is 0 Å². The zero-order valence-electron chi connectivity index (χ0n) is 11.1. The van der Waals surface area contributed by atoms with Gasteiger partial charge in [0.1, 0.15) is 11.4 Å². The molecule has 0 unspecified atom stereocenters. The molecule has 0 amide bonds. The number of nitrogens with zero attached hydrogens (tertiary/aromatic N) is 1. The molecule has 0 heterocycles. The molecule has 6 heteroatoms. The van der Waals surface area contributed by atoms with Gasteiger partial charge in [-0.2, -0.15) is 0 Å². The third-order valence-electron chi connectivity index (χ3n) is 2.88. The minimum Gasteiger partial charge on any atom is -0.382 e. The normalized spacial score (nSPS) is 10.2. The first-order chi connectivity index (χ1) is 9.52. The lowest BCUT2D eigenvalue weighted by molar-refractivity contribution is -0.383. The fraction of sp³-hybridized carbons (Fsp3) is 0.143. The van der Waals surface area contributed by atoms with Gasteiger partial charge in [-0.3, -0.25) is 10.1 Å². The molecule has 104 valence electrons. The Labute approximate surface area is 125 Å². The smallest absolute Gasteiger partial charge is 0.315 e. The van der Waals surface area contributed by atoms with Crippen molar-refractivity contribution < 1.29 is 4.92 Å². The summed E-state index contributed by atoms with van der Waals surface area (Å²) in [6, 6.07) is 10.9. The SMILES string of the molecule is CNc1cccc(Nc2cc(C)ccc2Br)c1[N+](=O)[O-]. The van der Waals surface area contributed by atoms with Crippen molar-refractivity contribution in [2.24, 2.45) is 0 Å². The van der Waals surface area contributed by atoms with Gasteiger partial charge in [0, 0.05) is 11.5 Å². The fourth-order valence-electron chi connectivity index (χ4n) is 1.92. The summed E-state index contributed by atoms with van der Waals surface area (Å²) in [5.41, 5.74) is 2.82. The van der Waals surface area contributed by atoms with E-state index in [0.29, 0.717) is 11.4 Å². The minimum atomic E-state index is -0.391. The number of nitrogens with one attached hydrogen (secondary N) is 2. The molecule has 0 aliphatic heterocycles. The summed E-state index contributed by atoms with van der Waals surface area (Å²) in [5, 5.41) is 17.2. The van der Waals surface area contributed by atoms with Gasteiger partial charge in [-0.05, 0) is 52.7 Å². The van der Waals surface area contributed by atoms with Crippen LogP contribution in [0.1, 0.15) is 5.56 Å². The molecule has 0 bridgehead atoms. The Balaban J connectivity index is 2.48. The van der Waals surface area contributed by atoms with Gasteiger partial charge in [-0.15, -0.1) is 0 Å². The second-order valence-corrected chi connectivity index (χ2v) is 5.17. The molecule has 0 saturated carbocycles. The zero-order valence-corrected chi connectivity index (χ0v) is 12.7. The largest absolute Gasteiger partial charge is 0.382 e. The van der Waals surface area contributed by atoms with E-state index in [-0.39, 0.29) is 5.69 Å². The van der Waals surface area contributed by atoms with Crippen molar-refractivity contribution in [1.29, 1.82) is 0 Å². The van der Waals surface area contributed by atoms with Crippen molar-refractivity contribution >= 4 is 38.7 Å². The van der Waals surface area contributed by atoms with E-state index in [1.54, 1.807) is 25.2 Å². The number of benzene rings is 2. The Morgan fingerprint density at radius 2 is 1.85 bits per heavy atom. The molecule has 0 spiro atoms. The summed E-state index contributed by atoms with van der Waals surface area (Å²) < 4.78 is 0.854. The van der Waals surface area contributed by atoms with Crippen LogP contribution in [0.3, 0.4) is 0 Å². The van der Waals surface area contributed by atoms with Crippen LogP contribution < -0.4 is 10.6 Å². The van der Waals surface area contributed by atoms with Gasteiger partial charge in [0.15, 0.2) is 0 Å². The molecule has 0 aliphatic rings. The van der Waals surface area contributed by atoms with E-state index in [1.165, 1.54) is 0 Å². The lowest BCUT2D eigenvalue weighted by atomic mass is 10.2. The van der Waals surface area contributed by atoms with Gasteiger partial charge >= 0.3 is 5.69 Å². The maximum atomic E-state index is 11.3. The van der Waals surface area contributed by atoms with Crippen LogP contribution in [0.5, 0.6) is 0 Å². The van der Waals surface area contributed by atoms with Gasteiger partial charge in [0.2, 0.25) is 0 Å². The Hall–Kier alpha value is -2.08. The third kappa shape index (κ3) is 2.91. The number of nitro groups is 1. The van der Waals surface area contributed by atoms with Crippen molar-refractivity contribution in [3.05, 3.63) is 56.5 Å². The Bertz CT molecular complexity index is 659. The molecule has 20 heavy (non-hydrogen) atoms. The van der Waals surface area contributed by atoms with Gasteiger partial charge in [-0.25, -0.2) is 0 Å². The molecule has 0 aliphatic carbocycles.